The number of nitrogens with zero attached hydrogens (tertiary/aromatic N) is 1. The summed E-state index contributed by atoms with van der Waals surface area (Å²) in [6.45, 7) is 0. The third-order valence-electron chi connectivity index (χ3n) is 4.85. The van der Waals surface area contributed by atoms with Crippen molar-refractivity contribution < 1.29 is 14.4 Å². The molecule has 0 spiro atoms. The predicted molar refractivity (Wildman–Crippen MR) is 150 cm³/mol. The largest absolute Gasteiger partial charge is 0.321 e. The van der Waals surface area contributed by atoms with Gasteiger partial charge in [-0.05, 0) is 54.1 Å². The third-order valence-corrected chi connectivity index (χ3v) is 6.78. The molecular weight excluding hydrogens is 528 g/mol. The zero-order valence-corrected chi connectivity index (χ0v) is 21.7. The first-order valence-electron chi connectivity index (χ1n) is 11.0. The predicted octanol–water partition coefficient (Wildman–Crippen LogP) is 5.94. The summed E-state index contributed by atoms with van der Waals surface area (Å²) < 4.78 is 0. The fourth-order valence-corrected chi connectivity index (χ4v) is 4.55. The maximum atomic E-state index is 13.2. The van der Waals surface area contributed by atoms with Crippen LogP contribution in [0.3, 0.4) is 0 Å². The van der Waals surface area contributed by atoms with Gasteiger partial charge in [0, 0.05) is 32.7 Å². The molecule has 3 aromatic carbocycles. The minimum atomic E-state index is -0.497. The SMILES string of the molecule is O=C(CSc1cccc(NC(=O)/C(=C/c2ccc(Cl)cc2)NC(=O)c2ccccc2)c1)Nc1nccs1. The second-order valence-electron chi connectivity index (χ2n) is 7.59. The first-order chi connectivity index (χ1) is 18.0. The smallest absolute Gasteiger partial charge is 0.272 e. The molecule has 0 unspecified atom stereocenters. The topological polar surface area (TPSA) is 100 Å². The fourth-order valence-electron chi connectivity index (χ4n) is 3.12. The maximum Gasteiger partial charge on any atom is 0.272 e. The van der Waals surface area contributed by atoms with Crippen LogP contribution in [0.1, 0.15) is 15.9 Å². The molecule has 3 amide bonds. The van der Waals surface area contributed by atoms with Crippen molar-refractivity contribution in [2.45, 2.75) is 4.90 Å². The van der Waals surface area contributed by atoms with Gasteiger partial charge < -0.3 is 16.0 Å². The molecule has 1 heterocycles. The van der Waals surface area contributed by atoms with Crippen LogP contribution >= 0.6 is 34.7 Å². The molecule has 37 heavy (non-hydrogen) atoms. The number of thiazole rings is 1. The van der Waals surface area contributed by atoms with E-state index in [0.29, 0.717) is 27.0 Å². The van der Waals surface area contributed by atoms with E-state index >= 15 is 0 Å². The molecule has 4 aromatic rings. The monoisotopic (exact) mass is 548 g/mol. The molecule has 186 valence electrons. The highest BCUT2D eigenvalue weighted by Crippen LogP contribution is 2.23. The standard InChI is InChI=1S/C27H21ClN4O3S2/c28-20-11-9-18(10-12-20)15-23(31-25(34)19-5-2-1-3-6-19)26(35)30-21-7-4-8-22(16-21)37-17-24(33)32-27-29-13-14-36-27/h1-16H,17H2,(H,30,35)(H,31,34)(H,29,32,33)/b23-15-. The number of halogens is 1. The van der Waals surface area contributed by atoms with Crippen LogP contribution in [-0.4, -0.2) is 28.5 Å². The van der Waals surface area contributed by atoms with E-state index in [9.17, 15) is 14.4 Å². The Bertz CT molecular complexity index is 1410. The van der Waals surface area contributed by atoms with Crippen molar-refractivity contribution in [1.82, 2.24) is 10.3 Å². The van der Waals surface area contributed by atoms with E-state index in [0.717, 1.165) is 4.90 Å². The number of hydrogen-bond acceptors (Lipinski definition) is 6. The Kier molecular flexibility index (Phi) is 9.09. The van der Waals surface area contributed by atoms with Gasteiger partial charge in [0.25, 0.3) is 11.8 Å². The summed E-state index contributed by atoms with van der Waals surface area (Å²) in [5, 5.41) is 11.2. The first kappa shape index (κ1) is 26.2. The molecule has 1 aromatic heterocycles. The van der Waals surface area contributed by atoms with Crippen molar-refractivity contribution in [1.29, 1.82) is 0 Å². The molecule has 0 saturated heterocycles. The number of carbonyl (C=O) groups is 3. The lowest BCUT2D eigenvalue weighted by molar-refractivity contribution is -0.114. The van der Waals surface area contributed by atoms with Crippen molar-refractivity contribution >= 4 is 69.3 Å². The van der Waals surface area contributed by atoms with Crippen LogP contribution < -0.4 is 16.0 Å². The van der Waals surface area contributed by atoms with Gasteiger partial charge >= 0.3 is 0 Å². The highest BCUT2D eigenvalue weighted by Gasteiger charge is 2.15. The van der Waals surface area contributed by atoms with E-state index in [2.05, 4.69) is 20.9 Å². The molecule has 3 N–H and O–H groups in total. The normalized spacial score (nSPS) is 11.0. The molecule has 0 aliphatic carbocycles. The van der Waals surface area contributed by atoms with Crippen molar-refractivity contribution in [2.75, 3.05) is 16.4 Å². The molecule has 10 heteroatoms. The highest BCUT2D eigenvalue weighted by molar-refractivity contribution is 8.00. The summed E-state index contributed by atoms with van der Waals surface area (Å²) in [5.74, 6) is -0.896. The highest BCUT2D eigenvalue weighted by atomic mass is 35.5. The van der Waals surface area contributed by atoms with Crippen LogP contribution in [0.4, 0.5) is 10.8 Å². The van der Waals surface area contributed by atoms with Crippen LogP contribution in [-0.2, 0) is 9.59 Å². The number of amides is 3. The fraction of sp³-hybridized carbons (Fsp3) is 0.0370. The lowest BCUT2D eigenvalue weighted by Gasteiger charge is -2.12. The number of nitrogens with one attached hydrogen (secondary N) is 3. The Morgan fingerprint density at radius 3 is 2.46 bits per heavy atom. The van der Waals surface area contributed by atoms with E-state index in [1.807, 2.05) is 12.1 Å². The van der Waals surface area contributed by atoms with Gasteiger partial charge in [-0.3, -0.25) is 14.4 Å². The van der Waals surface area contributed by atoms with Crippen molar-refractivity contribution in [3.8, 4) is 0 Å². The Morgan fingerprint density at radius 1 is 0.946 bits per heavy atom. The Morgan fingerprint density at radius 2 is 1.73 bits per heavy atom. The summed E-state index contributed by atoms with van der Waals surface area (Å²) in [6.07, 6.45) is 3.20. The molecule has 0 atom stereocenters. The van der Waals surface area contributed by atoms with Gasteiger partial charge in [-0.15, -0.1) is 23.1 Å². The molecule has 0 aliphatic heterocycles. The maximum absolute atomic E-state index is 13.2. The van der Waals surface area contributed by atoms with Gasteiger partial charge in [-0.25, -0.2) is 4.98 Å². The molecular formula is C27H21ClN4O3S2. The summed E-state index contributed by atoms with van der Waals surface area (Å²) in [7, 11) is 0. The van der Waals surface area contributed by atoms with Gasteiger partial charge in [0.2, 0.25) is 5.91 Å². The summed E-state index contributed by atoms with van der Waals surface area (Å²) in [5.41, 5.74) is 1.70. The lowest BCUT2D eigenvalue weighted by Crippen LogP contribution is -2.30. The van der Waals surface area contributed by atoms with Gasteiger partial charge in [0.1, 0.15) is 5.70 Å². The Hall–Kier alpha value is -3.92. The summed E-state index contributed by atoms with van der Waals surface area (Å²) in [4.78, 5) is 43.0. The quantitative estimate of drug-likeness (QED) is 0.178. The Balaban J connectivity index is 1.46. The molecule has 0 radical (unpaired) electrons. The molecule has 0 fully saturated rings. The number of thioether (sulfide) groups is 1. The molecule has 0 aliphatic rings. The lowest BCUT2D eigenvalue weighted by atomic mass is 10.1. The number of hydrogen-bond donors (Lipinski definition) is 3. The molecule has 4 rings (SSSR count). The van der Waals surface area contributed by atoms with Crippen molar-refractivity contribution in [2.24, 2.45) is 0 Å². The van der Waals surface area contributed by atoms with E-state index in [1.165, 1.54) is 23.1 Å². The minimum absolute atomic E-state index is 0.0667. The zero-order valence-electron chi connectivity index (χ0n) is 19.3. The molecule has 0 saturated carbocycles. The van der Waals surface area contributed by atoms with Crippen LogP contribution in [0.2, 0.25) is 5.02 Å². The van der Waals surface area contributed by atoms with Crippen molar-refractivity contribution in [3.05, 3.63) is 112 Å². The second-order valence-corrected chi connectivity index (χ2v) is 9.97. The second kappa shape index (κ2) is 12.9. The van der Waals surface area contributed by atoms with Crippen LogP contribution in [0, 0.1) is 0 Å². The molecule has 7 nitrogen and oxygen atoms in total. The number of rotatable bonds is 9. The van der Waals surface area contributed by atoms with Gasteiger partial charge in [-0.1, -0.05) is 48.0 Å². The first-order valence-corrected chi connectivity index (χ1v) is 13.3. The summed E-state index contributed by atoms with van der Waals surface area (Å²) >= 11 is 8.65. The van der Waals surface area contributed by atoms with E-state index < -0.39 is 11.8 Å². The number of carbonyl (C=O) groups excluding carboxylic acids is 3. The average molecular weight is 549 g/mol. The van der Waals surface area contributed by atoms with Gasteiger partial charge in [0.05, 0.1) is 5.75 Å². The summed E-state index contributed by atoms with van der Waals surface area (Å²) in [6, 6.07) is 22.7. The van der Waals surface area contributed by atoms with Gasteiger partial charge in [0.15, 0.2) is 5.13 Å². The number of benzene rings is 3. The van der Waals surface area contributed by atoms with Crippen LogP contribution in [0.5, 0.6) is 0 Å². The van der Waals surface area contributed by atoms with Gasteiger partial charge in [-0.2, -0.15) is 0 Å². The third kappa shape index (κ3) is 8.04. The number of aromatic nitrogens is 1. The average Bonchev–Trinajstić information content (AvgIpc) is 3.42. The Labute approximate surface area is 227 Å². The minimum Gasteiger partial charge on any atom is -0.321 e. The zero-order chi connectivity index (χ0) is 26.0. The van der Waals surface area contributed by atoms with Crippen molar-refractivity contribution in [3.63, 3.8) is 0 Å². The molecule has 0 bridgehead atoms. The van der Waals surface area contributed by atoms with E-state index in [1.54, 1.807) is 84.4 Å². The van der Waals surface area contributed by atoms with E-state index in [4.69, 9.17) is 11.6 Å². The van der Waals surface area contributed by atoms with Crippen LogP contribution in [0.15, 0.2) is 101 Å². The number of anilines is 2. The van der Waals surface area contributed by atoms with E-state index in [-0.39, 0.29) is 17.4 Å². The van der Waals surface area contributed by atoms with Crippen LogP contribution in [0.25, 0.3) is 6.08 Å².